The van der Waals surface area contributed by atoms with Crippen LogP contribution in [0.3, 0.4) is 0 Å². The molecule has 2 aromatic carbocycles. The Hall–Kier alpha value is -3.81. The van der Waals surface area contributed by atoms with E-state index in [0.29, 0.717) is 23.0 Å². The quantitative estimate of drug-likeness (QED) is 0.441. The van der Waals surface area contributed by atoms with Gasteiger partial charge in [-0.2, -0.15) is 10.1 Å². The van der Waals surface area contributed by atoms with E-state index in [1.165, 1.54) is 17.7 Å². The molecule has 2 heterocycles. The van der Waals surface area contributed by atoms with Gasteiger partial charge < -0.3 is 4.52 Å². The van der Waals surface area contributed by atoms with E-state index in [9.17, 15) is 10.1 Å². The van der Waals surface area contributed by atoms with Crippen LogP contribution in [-0.4, -0.2) is 25.3 Å². The summed E-state index contributed by atoms with van der Waals surface area (Å²) in [5, 5.41) is 21.8. The van der Waals surface area contributed by atoms with Crippen LogP contribution < -0.4 is 0 Å². The van der Waals surface area contributed by atoms with Crippen molar-refractivity contribution >= 4 is 5.69 Å². The summed E-state index contributed by atoms with van der Waals surface area (Å²) in [7, 11) is 0. The zero-order valence-electron chi connectivity index (χ0n) is 13.7. The minimum absolute atomic E-state index is 0.00813. The molecule has 26 heavy (non-hydrogen) atoms. The number of hydrogen-bond donors (Lipinski definition) is 1. The molecule has 4 aromatic rings. The number of nitrogens with zero attached hydrogens (tertiary/aromatic N) is 4. The lowest BCUT2D eigenvalue weighted by atomic mass is 10.1. The Morgan fingerprint density at radius 1 is 1.04 bits per heavy atom. The third kappa shape index (κ3) is 2.95. The third-order valence-electron chi connectivity index (χ3n) is 3.92. The van der Waals surface area contributed by atoms with Crippen molar-refractivity contribution in [1.82, 2.24) is 20.3 Å². The van der Waals surface area contributed by atoms with Gasteiger partial charge in [0.15, 0.2) is 0 Å². The normalized spacial score (nSPS) is 10.8. The predicted molar refractivity (Wildman–Crippen MR) is 94.1 cm³/mol. The highest BCUT2D eigenvalue weighted by Crippen LogP contribution is 2.26. The highest BCUT2D eigenvalue weighted by atomic mass is 16.6. The molecule has 8 nitrogen and oxygen atoms in total. The minimum atomic E-state index is -0.456. The van der Waals surface area contributed by atoms with Crippen LogP contribution in [0.1, 0.15) is 5.56 Å². The van der Waals surface area contributed by atoms with Gasteiger partial charge in [-0.1, -0.05) is 35.0 Å². The van der Waals surface area contributed by atoms with Crippen LogP contribution in [0.5, 0.6) is 0 Å². The number of nitrogens with one attached hydrogen (secondary N) is 1. The fraction of sp³-hybridized carbons (Fsp3) is 0.0556. The smallest absolute Gasteiger partial charge is 0.276 e. The Morgan fingerprint density at radius 2 is 1.73 bits per heavy atom. The van der Waals surface area contributed by atoms with E-state index >= 15 is 0 Å². The van der Waals surface area contributed by atoms with Crippen LogP contribution in [0.25, 0.3) is 34.2 Å². The first-order valence-corrected chi connectivity index (χ1v) is 7.81. The van der Waals surface area contributed by atoms with E-state index in [0.717, 1.165) is 11.3 Å². The molecule has 0 aliphatic rings. The Kier molecular flexibility index (Phi) is 3.77. The lowest BCUT2D eigenvalue weighted by molar-refractivity contribution is -0.384. The van der Waals surface area contributed by atoms with Crippen molar-refractivity contribution in [3.05, 3.63) is 70.3 Å². The largest absolute Gasteiger partial charge is 0.332 e. The fourth-order valence-corrected chi connectivity index (χ4v) is 2.49. The van der Waals surface area contributed by atoms with Crippen molar-refractivity contribution in [2.24, 2.45) is 0 Å². The van der Waals surface area contributed by atoms with Gasteiger partial charge in [0.05, 0.1) is 10.6 Å². The molecule has 0 unspecified atom stereocenters. The summed E-state index contributed by atoms with van der Waals surface area (Å²) in [6.45, 7) is 2.03. The molecule has 0 saturated carbocycles. The summed E-state index contributed by atoms with van der Waals surface area (Å²) in [6, 6.07) is 15.8. The second-order valence-corrected chi connectivity index (χ2v) is 5.76. The highest BCUT2D eigenvalue weighted by molar-refractivity contribution is 5.66. The SMILES string of the molecule is Cc1ccc(-c2cc(-c3nc(-c4ccc([N+](=O)[O-])cc4)no3)[nH]n2)cc1. The van der Waals surface area contributed by atoms with Crippen molar-refractivity contribution in [1.29, 1.82) is 0 Å². The molecule has 0 spiro atoms. The van der Waals surface area contributed by atoms with Crippen LogP contribution in [-0.2, 0) is 0 Å². The molecule has 128 valence electrons. The lowest BCUT2D eigenvalue weighted by Gasteiger charge is -1.95. The van der Waals surface area contributed by atoms with Gasteiger partial charge in [-0.3, -0.25) is 15.2 Å². The first-order valence-electron chi connectivity index (χ1n) is 7.81. The van der Waals surface area contributed by atoms with Crippen molar-refractivity contribution in [2.75, 3.05) is 0 Å². The summed E-state index contributed by atoms with van der Waals surface area (Å²) in [6.07, 6.45) is 0. The summed E-state index contributed by atoms with van der Waals surface area (Å²) in [5.41, 5.74) is 4.16. The second-order valence-electron chi connectivity index (χ2n) is 5.76. The topological polar surface area (TPSA) is 111 Å². The molecule has 0 bridgehead atoms. The number of H-pyrrole nitrogens is 1. The monoisotopic (exact) mass is 347 g/mol. The van der Waals surface area contributed by atoms with Gasteiger partial charge >= 0.3 is 0 Å². The highest BCUT2D eigenvalue weighted by Gasteiger charge is 2.15. The van der Waals surface area contributed by atoms with Gasteiger partial charge in [-0.05, 0) is 25.1 Å². The van der Waals surface area contributed by atoms with E-state index in [4.69, 9.17) is 4.52 Å². The molecule has 4 rings (SSSR count). The molecule has 0 radical (unpaired) electrons. The third-order valence-corrected chi connectivity index (χ3v) is 3.92. The number of hydrogen-bond acceptors (Lipinski definition) is 6. The van der Waals surface area contributed by atoms with E-state index in [1.54, 1.807) is 12.1 Å². The van der Waals surface area contributed by atoms with Gasteiger partial charge in [0.2, 0.25) is 5.82 Å². The van der Waals surface area contributed by atoms with Crippen LogP contribution >= 0.6 is 0 Å². The van der Waals surface area contributed by atoms with Gasteiger partial charge in [0.25, 0.3) is 11.6 Å². The zero-order chi connectivity index (χ0) is 18.1. The van der Waals surface area contributed by atoms with E-state index in [1.807, 2.05) is 37.3 Å². The molecular formula is C18H13N5O3. The summed E-state index contributed by atoms with van der Waals surface area (Å²) in [4.78, 5) is 14.6. The number of rotatable bonds is 4. The molecule has 1 N–H and O–H groups in total. The first-order chi connectivity index (χ1) is 12.6. The van der Waals surface area contributed by atoms with Gasteiger partial charge in [-0.25, -0.2) is 0 Å². The molecule has 0 amide bonds. The van der Waals surface area contributed by atoms with Gasteiger partial charge in [-0.15, -0.1) is 0 Å². The molecule has 0 aliphatic carbocycles. The summed E-state index contributed by atoms with van der Waals surface area (Å²) >= 11 is 0. The summed E-state index contributed by atoms with van der Waals surface area (Å²) in [5.74, 6) is 0.644. The number of aromatic nitrogens is 4. The Bertz CT molecular complexity index is 1060. The van der Waals surface area contributed by atoms with E-state index in [2.05, 4.69) is 20.3 Å². The Morgan fingerprint density at radius 3 is 2.42 bits per heavy atom. The van der Waals surface area contributed by atoms with Crippen molar-refractivity contribution < 1.29 is 9.45 Å². The average molecular weight is 347 g/mol. The van der Waals surface area contributed by atoms with Crippen molar-refractivity contribution in [2.45, 2.75) is 6.92 Å². The van der Waals surface area contributed by atoms with Crippen LogP contribution in [0.4, 0.5) is 5.69 Å². The van der Waals surface area contributed by atoms with Crippen LogP contribution in [0, 0.1) is 17.0 Å². The van der Waals surface area contributed by atoms with Crippen molar-refractivity contribution in [3.63, 3.8) is 0 Å². The maximum absolute atomic E-state index is 10.7. The molecule has 8 heteroatoms. The zero-order valence-corrected chi connectivity index (χ0v) is 13.7. The van der Waals surface area contributed by atoms with Crippen LogP contribution in [0.15, 0.2) is 59.1 Å². The maximum Gasteiger partial charge on any atom is 0.276 e. The number of benzene rings is 2. The Balaban J connectivity index is 1.60. The number of nitro groups is 1. The Labute approximate surface area is 147 Å². The predicted octanol–water partition coefficient (Wildman–Crippen LogP) is 4.01. The maximum atomic E-state index is 10.7. The molecule has 0 fully saturated rings. The first kappa shape index (κ1) is 15.7. The second kappa shape index (κ2) is 6.25. The minimum Gasteiger partial charge on any atom is -0.332 e. The summed E-state index contributed by atoms with van der Waals surface area (Å²) < 4.78 is 5.28. The standard InChI is InChI=1S/C18H13N5O3/c1-11-2-4-12(5-3-11)15-10-16(21-20-15)18-19-17(22-26-18)13-6-8-14(9-7-13)23(24)25/h2-10H,1H3,(H,20,21). The van der Waals surface area contributed by atoms with Crippen LogP contribution in [0.2, 0.25) is 0 Å². The molecule has 0 atom stereocenters. The van der Waals surface area contributed by atoms with Gasteiger partial charge in [0.1, 0.15) is 5.69 Å². The number of aromatic amines is 1. The molecule has 0 aliphatic heterocycles. The number of non-ortho nitro benzene ring substituents is 1. The molecular weight excluding hydrogens is 334 g/mol. The number of aryl methyl sites for hydroxylation is 1. The van der Waals surface area contributed by atoms with Crippen molar-refractivity contribution in [3.8, 4) is 34.2 Å². The fourth-order valence-electron chi connectivity index (χ4n) is 2.49. The average Bonchev–Trinajstić information content (AvgIpc) is 3.32. The van der Waals surface area contributed by atoms with E-state index < -0.39 is 4.92 Å². The molecule has 0 saturated heterocycles. The van der Waals surface area contributed by atoms with E-state index in [-0.39, 0.29) is 5.69 Å². The van der Waals surface area contributed by atoms with Gasteiger partial charge in [0, 0.05) is 23.3 Å². The number of nitro benzene ring substituents is 1. The lowest BCUT2D eigenvalue weighted by Crippen LogP contribution is -1.87. The molecule has 2 aromatic heterocycles.